The summed E-state index contributed by atoms with van der Waals surface area (Å²) in [6.07, 6.45) is 16.0. The average Bonchev–Trinajstić information content (AvgIpc) is 2.46. The van der Waals surface area contributed by atoms with Gasteiger partial charge in [0.05, 0.1) is 12.2 Å². The predicted molar refractivity (Wildman–Crippen MR) is 83.8 cm³/mol. The molecule has 2 bridgehead atoms. The molecule has 3 fully saturated rings. The lowest BCUT2D eigenvalue weighted by atomic mass is 9.67. The molecule has 1 N–H and O–H groups in total. The number of aliphatic hydroxyl groups excluding tert-OH is 1. The summed E-state index contributed by atoms with van der Waals surface area (Å²) in [6, 6.07) is 0. The van der Waals surface area contributed by atoms with Crippen LogP contribution in [0.3, 0.4) is 0 Å². The van der Waals surface area contributed by atoms with Crippen LogP contribution in [0.2, 0.25) is 0 Å². The second-order valence-corrected chi connectivity index (χ2v) is 7.02. The minimum Gasteiger partial charge on any atom is -0.393 e. The van der Waals surface area contributed by atoms with Crippen LogP contribution >= 0.6 is 0 Å². The summed E-state index contributed by atoms with van der Waals surface area (Å²) in [5, 5.41) is 9.89. The molecule has 2 nitrogen and oxygen atoms in total. The van der Waals surface area contributed by atoms with Crippen molar-refractivity contribution in [3.05, 3.63) is 0 Å². The summed E-state index contributed by atoms with van der Waals surface area (Å²) in [7, 11) is 0. The van der Waals surface area contributed by atoms with Crippen LogP contribution in [-0.2, 0) is 4.74 Å². The van der Waals surface area contributed by atoms with E-state index in [0.717, 1.165) is 19.4 Å². The third-order valence-electron chi connectivity index (χ3n) is 5.39. The van der Waals surface area contributed by atoms with Crippen molar-refractivity contribution in [2.24, 2.45) is 11.8 Å². The van der Waals surface area contributed by atoms with Crippen molar-refractivity contribution >= 4 is 0 Å². The summed E-state index contributed by atoms with van der Waals surface area (Å²) in [4.78, 5) is 0. The minimum atomic E-state index is -0.0308. The van der Waals surface area contributed by atoms with Gasteiger partial charge in [0.1, 0.15) is 0 Å². The number of unbranched alkanes of at least 4 members (excludes halogenated alkanes) is 7. The third kappa shape index (κ3) is 5.04. The van der Waals surface area contributed by atoms with E-state index in [0.29, 0.717) is 17.9 Å². The molecule has 2 heteroatoms. The zero-order valence-electron chi connectivity index (χ0n) is 13.4. The Labute approximate surface area is 125 Å². The molecule has 4 atom stereocenters. The molecule has 0 heterocycles. The number of rotatable bonds is 10. The van der Waals surface area contributed by atoms with Crippen LogP contribution in [0.25, 0.3) is 0 Å². The molecule has 0 aromatic rings. The van der Waals surface area contributed by atoms with Crippen LogP contribution in [-0.4, -0.2) is 23.9 Å². The molecule has 0 saturated heterocycles. The van der Waals surface area contributed by atoms with Crippen LogP contribution in [0.5, 0.6) is 0 Å². The molecule has 20 heavy (non-hydrogen) atoms. The quantitative estimate of drug-likeness (QED) is 0.589. The molecule has 3 saturated carbocycles. The monoisotopic (exact) mass is 282 g/mol. The Hall–Kier alpha value is -0.0800. The summed E-state index contributed by atoms with van der Waals surface area (Å²) < 4.78 is 6.10. The van der Waals surface area contributed by atoms with Crippen LogP contribution in [0.4, 0.5) is 0 Å². The Kier molecular flexibility index (Phi) is 7.37. The molecule has 3 aliphatic rings. The van der Waals surface area contributed by atoms with Gasteiger partial charge in [-0.25, -0.2) is 0 Å². The van der Waals surface area contributed by atoms with Gasteiger partial charge in [-0.15, -0.1) is 0 Å². The van der Waals surface area contributed by atoms with E-state index in [4.69, 9.17) is 4.74 Å². The highest BCUT2D eigenvalue weighted by Crippen LogP contribution is 2.42. The Morgan fingerprint density at radius 2 is 1.50 bits per heavy atom. The lowest BCUT2D eigenvalue weighted by molar-refractivity contribution is -0.102. The highest BCUT2D eigenvalue weighted by atomic mass is 16.5. The number of hydrogen-bond acceptors (Lipinski definition) is 2. The van der Waals surface area contributed by atoms with Crippen LogP contribution in [0.1, 0.15) is 84.0 Å². The molecule has 0 amide bonds. The highest BCUT2D eigenvalue weighted by Gasteiger charge is 2.41. The first-order chi connectivity index (χ1) is 9.81. The van der Waals surface area contributed by atoms with Crippen molar-refractivity contribution in [2.75, 3.05) is 6.61 Å². The lowest BCUT2D eigenvalue weighted by Gasteiger charge is -2.45. The Balaban J connectivity index is 1.44. The Morgan fingerprint density at radius 1 is 0.850 bits per heavy atom. The maximum absolute atomic E-state index is 9.89. The van der Waals surface area contributed by atoms with E-state index in [1.165, 1.54) is 64.2 Å². The van der Waals surface area contributed by atoms with E-state index in [1.807, 2.05) is 0 Å². The van der Waals surface area contributed by atoms with Crippen molar-refractivity contribution < 1.29 is 9.84 Å². The number of fused-ring (bicyclic) bond motifs is 3. The molecular weight excluding hydrogens is 248 g/mol. The molecule has 0 radical (unpaired) electrons. The van der Waals surface area contributed by atoms with Gasteiger partial charge >= 0.3 is 0 Å². The first-order valence-corrected chi connectivity index (χ1v) is 9.11. The fraction of sp³-hybridized carbons (Fsp3) is 1.00. The molecule has 0 spiro atoms. The largest absolute Gasteiger partial charge is 0.393 e. The van der Waals surface area contributed by atoms with Gasteiger partial charge in [0, 0.05) is 6.61 Å². The standard InChI is InChI=1S/C18H34O2/c1-2-3-4-5-6-7-8-9-12-20-18-14-15-10-11-16(18)13-17(15)19/h15-19H,2-14H2,1H3. The zero-order valence-corrected chi connectivity index (χ0v) is 13.4. The number of ether oxygens (including phenoxy) is 1. The van der Waals surface area contributed by atoms with Crippen molar-refractivity contribution in [1.82, 2.24) is 0 Å². The lowest BCUT2D eigenvalue weighted by Crippen LogP contribution is -2.44. The smallest absolute Gasteiger partial charge is 0.0607 e. The van der Waals surface area contributed by atoms with Gasteiger partial charge in [-0.1, -0.05) is 51.9 Å². The van der Waals surface area contributed by atoms with Crippen molar-refractivity contribution in [2.45, 2.75) is 96.2 Å². The van der Waals surface area contributed by atoms with Crippen LogP contribution in [0.15, 0.2) is 0 Å². The van der Waals surface area contributed by atoms with Gasteiger partial charge in [-0.2, -0.15) is 0 Å². The third-order valence-corrected chi connectivity index (χ3v) is 5.39. The van der Waals surface area contributed by atoms with Crippen molar-refractivity contribution in [3.8, 4) is 0 Å². The molecule has 3 aliphatic carbocycles. The molecule has 3 rings (SSSR count). The minimum absolute atomic E-state index is 0.0308. The predicted octanol–water partition coefficient (Wildman–Crippen LogP) is 4.69. The molecular formula is C18H34O2. The van der Waals surface area contributed by atoms with E-state index in [2.05, 4.69) is 6.92 Å². The second-order valence-electron chi connectivity index (χ2n) is 7.02. The molecule has 0 aromatic heterocycles. The van der Waals surface area contributed by atoms with Crippen molar-refractivity contribution in [3.63, 3.8) is 0 Å². The fourth-order valence-corrected chi connectivity index (χ4v) is 4.02. The normalized spacial score (nSPS) is 32.7. The number of hydrogen-bond donors (Lipinski definition) is 1. The maximum Gasteiger partial charge on any atom is 0.0607 e. The second kappa shape index (κ2) is 9.04. The average molecular weight is 282 g/mol. The maximum atomic E-state index is 9.89. The Morgan fingerprint density at radius 3 is 2.10 bits per heavy atom. The number of aliphatic hydroxyl groups is 1. The van der Waals surface area contributed by atoms with Gasteiger partial charge < -0.3 is 9.84 Å². The van der Waals surface area contributed by atoms with E-state index >= 15 is 0 Å². The van der Waals surface area contributed by atoms with Crippen LogP contribution < -0.4 is 0 Å². The van der Waals surface area contributed by atoms with E-state index in [9.17, 15) is 5.11 Å². The van der Waals surface area contributed by atoms with Crippen molar-refractivity contribution in [1.29, 1.82) is 0 Å². The first-order valence-electron chi connectivity index (χ1n) is 9.11. The molecule has 0 aliphatic heterocycles. The van der Waals surface area contributed by atoms with Crippen LogP contribution in [0, 0.1) is 11.8 Å². The van der Waals surface area contributed by atoms with Gasteiger partial charge in [0.25, 0.3) is 0 Å². The zero-order chi connectivity index (χ0) is 14.2. The van der Waals surface area contributed by atoms with Gasteiger partial charge in [-0.05, 0) is 43.9 Å². The van der Waals surface area contributed by atoms with E-state index < -0.39 is 0 Å². The summed E-state index contributed by atoms with van der Waals surface area (Å²) in [6.45, 7) is 3.22. The Bertz CT molecular complexity index is 254. The highest BCUT2D eigenvalue weighted by molar-refractivity contribution is 4.92. The van der Waals surface area contributed by atoms with Gasteiger partial charge in [0.2, 0.25) is 0 Å². The van der Waals surface area contributed by atoms with Gasteiger partial charge in [0.15, 0.2) is 0 Å². The molecule has 118 valence electrons. The van der Waals surface area contributed by atoms with E-state index in [1.54, 1.807) is 0 Å². The first kappa shape index (κ1) is 16.3. The summed E-state index contributed by atoms with van der Waals surface area (Å²) >= 11 is 0. The van der Waals surface area contributed by atoms with Gasteiger partial charge in [-0.3, -0.25) is 0 Å². The topological polar surface area (TPSA) is 29.5 Å². The molecule has 4 unspecified atom stereocenters. The summed E-state index contributed by atoms with van der Waals surface area (Å²) in [5.41, 5.74) is 0. The fourth-order valence-electron chi connectivity index (χ4n) is 4.02. The summed E-state index contributed by atoms with van der Waals surface area (Å²) in [5.74, 6) is 1.17. The SMILES string of the molecule is CCCCCCCCCCOC1CC2CCC1CC2O. The van der Waals surface area contributed by atoms with E-state index in [-0.39, 0.29) is 6.10 Å². The molecule has 0 aromatic carbocycles.